The summed E-state index contributed by atoms with van der Waals surface area (Å²) < 4.78 is 11.5. The highest BCUT2D eigenvalue weighted by atomic mass is 16.5. The predicted octanol–water partition coefficient (Wildman–Crippen LogP) is 4.40. The van der Waals surface area contributed by atoms with Gasteiger partial charge in [-0.25, -0.2) is 0 Å². The number of hydrogen-bond donors (Lipinski definition) is 2. The second kappa shape index (κ2) is 9.33. The molecule has 0 aliphatic heterocycles. The second-order valence-electron chi connectivity index (χ2n) is 6.28. The van der Waals surface area contributed by atoms with Gasteiger partial charge in [-0.1, -0.05) is 0 Å². The van der Waals surface area contributed by atoms with Crippen molar-refractivity contribution < 1.29 is 23.9 Å². The van der Waals surface area contributed by atoms with Crippen molar-refractivity contribution in [2.75, 3.05) is 10.6 Å². The minimum Gasteiger partial charge on any atom is -0.455 e. The third kappa shape index (κ3) is 5.41. The summed E-state index contributed by atoms with van der Waals surface area (Å²) in [7, 11) is 0. The fourth-order valence-corrected chi connectivity index (χ4v) is 2.59. The van der Waals surface area contributed by atoms with E-state index in [-0.39, 0.29) is 28.9 Å². The number of carbonyl (C=O) groups excluding carboxylic acids is 3. The quantitative estimate of drug-likeness (QED) is 0.565. The lowest BCUT2D eigenvalue weighted by Crippen LogP contribution is -2.05. The van der Waals surface area contributed by atoms with Gasteiger partial charge in [-0.15, -0.1) is 0 Å². The molecule has 0 aliphatic rings. The number of rotatable bonds is 7. The molecule has 2 N–H and O–H groups in total. The summed E-state index contributed by atoms with van der Waals surface area (Å²) in [5.41, 5.74) is 1.45. The number of carbonyl (C=O) groups is 3. The van der Waals surface area contributed by atoms with Crippen molar-refractivity contribution in [1.29, 1.82) is 0 Å². The van der Waals surface area contributed by atoms with Gasteiger partial charge in [0.15, 0.2) is 17.8 Å². The number of ether oxygens (including phenoxy) is 2. The van der Waals surface area contributed by atoms with E-state index in [9.17, 15) is 14.4 Å². The fraction of sp³-hybridized carbons (Fsp3) is 0.0909. The minimum atomic E-state index is -0.175. The zero-order valence-electron chi connectivity index (χ0n) is 16.3. The van der Waals surface area contributed by atoms with E-state index in [1.807, 2.05) is 0 Å². The molecule has 2 amide bonds. The normalized spacial score (nSPS) is 10.1. The number of hydrogen-bond acceptors (Lipinski definition) is 6. The number of aromatic nitrogens is 1. The maximum absolute atomic E-state index is 11.7. The Balaban J connectivity index is 1.78. The number of benzene rings is 2. The van der Waals surface area contributed by atoms with Gasteiger partial charge in [0.1, 0.15) is 17.1 Å². The summed E-state index contributed by atoms with van der Waals surface area (Å²) >= 11 is 0. The number of pyridine rings is 1. The van der Waals surface area contributed by atoms with Crippen molar-refractivity contribution in [2.24, 2.45) is 0 Å². The molecule has 1 aromatic heterocycles. The molecule has 0 aliphatic carbocycles. The molecular weight excluding hydrogens is 386 g/mol. The Labute approximate surface area is 172 Å². The van der Waals surface area contributed by atoms with Gasteiger partial charge in [0.25, 0.3) is 0 Å². The molecule has 30 heavy (non-hydrogen) atoms. The smallest absolute Gasteiger partial charge is 0.221 e. The predicted molar refractivity (Wildman–Crippen MR) is 111 cm³/mol. The van der Waals surface area contributed by atoms with Crippen LogP contribution in [-0.4, -0.2) is 23.1 Å². The zero-order chi connectivity index (χ0) is 21.5. The first-order valence-electron chi connectivity index (χ1n) is 8.99. The number of anilines is 2. The largest absolute Gasteiger partial charge is 0.455 e. The molecule has 152 valence electrons. The molecular formula is C22H19N3O5. The first-order valence-corrected chi connectivity index (χ1v) is 8.99. The SMILES string of the molecule is CC(=O)Nc1ccc(Oc2cncc(Oc3ccc(NC(C)=O)cc3)c2C=O)cc1. The van der Waals surface area contributed by atoms with Gasteiger partial charge in [-0.05, 0) is 48.5 Å². The average molecular weight is 405 g/mol. The average Bonchev–Trinajstić information content (AvgIpc) is 2.70. The van der Waals surface area contributed by atoms with E-state index in [1.165, 1.54) is 26.2 Å². The summed E-state index contributed by atoms with van der Waals surface area (Å²) in [4.78, 5) is 38.0. The summed E-state index contributed by atoms with van der Waals surface area (Å²) in [6.07, 6.45) is 3.46. The first-order chi connectivity index (χ1) is 14.4. The monoisotopic (exact) mass is 405 g/mol. The van der Waals surface area contributed by atoms with E-state index in [0.717, 1.165) is 0 Å². The van der Waals surface area contributed by atoms with Crippen LogP contribution < -0.4 is 20.1 Å². The lowest BCUT2D eigenvalue weighted by Gasteiger charge is -2.13. The molecule has 0 unspecified atom stereocenters. The van der Waals surface area contributed by atoms with Crippen LogP contribution in [0.4, 0.5) is 11.4 Å². The Hall–Kier alpha value is -4.20. The maximum atomic E-state index is 11.7. The van der Waals surface area contributed by atoms with E-state index in [1.54, 1.807) is 48.5 Å². The van der Waals surface area contributed by atoms with Crippen LogP contribution >= 0.6 is 0 Å². The van der Waals surface area contributed by atoms with E-state index < -0.39 is 0 Å². The van der Waals surface area contributed by atoms with Gasteiger partial charge in [-0.2, -0.15) is 0 Å². The molecule has 2 aromatic carbocycles. The van der Waals surface area contributed by atoms with Crippen LogP contribution in [0.2, 0.25) is 0 Å². The highest BCUT2D eigenvalue weighted by Gasteiger charge is 2.13. The van der Waals surface area contributed by atoms with Crippen LogP contribution in [0.3, 0.4) is 0 Å². The Morgan fingerprint density at radius 1 is 0.767 bits per heavy atom. The second-order valence-corrected chi connectivity index (χ2v) is 6.28. The summed E-state index contributed by atoms with van der Waals surface area (Å²) in [6, 6.07) is 13.4. The molecule has 0 saturated carbocycles. The molecule has 0 bridgehead atoms. The van der Waals surface area contributed by atoms with Gasteiger partial charge in [-0.3, -0.25) is 19.4 Å². The Bertz CT molecular complexity index is 983. The third-order valence-corrected chi connectivity index (χ3v) is 3.84. The van der Waals surface area contributed by atoms with Crippen LogP contribution in [0.15, 0.2) is 60.9 Å². The highest BCUT2D eigenvalue weighted by Crippen LogP contribution is 2.33. The van der Waals surface area contributed by atoms with Crippen LogP contribution in [0.1, 0.15) is 24.2 Å². The summed E-state index contributed by atoms with van der Waals surface area (Å²) in [5.74, 6) is 1.03. The number of nitrogens with one attached hydrogen (secondary N) is 2. The van der Waals surface area contributed by atoms with Gasteiger partial charge >= 0.3 is 0 Å². The Morgan fingerprint density at radius 2 is 1.17 bits per heavy atom. The van der Waals surface area contributed by atoms with Crippen molar-refractivity contribution in [2.45, 2.75) is 13.8 Å². The van der Waals surface area contributed by atoms with Gasteiger partial charge < -0.3 is 20.1 Å². The molecule has 0 spiro atoms. The van der Waals surface area contributed by atoms with E-state index in [4.69, 9.17) is 9.47 Å². The molecule has 3 rings (SSSR count). The standard InChI is InChI=1S/C22H19N3O5/c1-14(27)24-16-3-7-18(8-4-16)29-21-11-23-12-22(20(21)13-26)30-19-9-5-17(6-10-19)25-15(2)28/h3-13H,1-2H3,(H,24,27)(H,25,28). The Kier molecular flexibility index (Phi) is 6.39. The third-order valence-electron chi connectivity index (χ3n) is 3.84. The number of aldehydes is 1. The van der Waals surface area contributed by atoms with Crippen molar-refractivity contribution in [3.63, 3.8) is 0 Å². The topological polar surface area (TPSA) is 107 Å². The van der Waals surface area contributed by atoms with E-state index >= 15 is 0 Å². The lowest BCUT2D eigenvalue weighted by atomic mass is 10.2. The summed E-state index contributed by atoms with van der Waals surface area (Å²) in [6.45, 7) is 2.84. The number of amides is 2. The van der Waals surface area contributed by atoms with Crippen LogP contribution in [0.25, 0.3) is 0 Å². The minimum absolute atomic E-state index is 0.175. The van der Waals surface area contributed by atoms with Crippen LogP contribution in [0, 0.1) is 0 Å². The van der Waals surface area contributed by atoms with Crippen molar-refractivity contribution in [1.82, 2.24) is 4.98 Å². The Morgan fingerprint density at radius 3 is 1.50 bits per heavy atom. The molecule has 0 atom stereocenters. The molecule has 0 saturated heterocycles. The van der Waals surface area contributed by atoms with Crippen LogP contribution in [0.5, 0.6) is 23.0 Å². The van der Waals surface area contributed by atoms with E-state index in [2.05, 4.69) is 15.6 Å². The van der Waals surface area contributed by atoms with Crippen molar-refractivity contribution in [3.05, 3.63) is 66.5 Å². The van der Waals surface area contributed by atoms with Crippen molar-refractivity contribution in [3.8, 4) is 23.0 Å². The molecule has 8 nitrogen and oxygen atoms in total. The highest BCUT2D eigenvalue weighted by molar-refractivity contribution is 5.89. The molecule has 0 radical (unpaired) electrons. The first kappa shape index (κ1) is 20.5. The lowest BCUT2D eigenvalue weighted by molar-refractivity contribution is -0.115. The molecule has 8 heteroatoms. The van der Waals surface area contributed by atoms with Crippen molar-refractivity contribution >= 4 is 29.5 Å². The van der Waals surface area contributed by atoms with Gasteiger partial charge in [0, 0.05) is 25.2 Å². The molecule has 1 heterocycles. The molecule has 3 aromatic rings. The van der Waals surface area contributed by atoms with Gasteiger partial charge in [0.05, 0.1) is 12.4 Å². The number of nitrogens with zero attached hydrogens (tertiary/aromatic N) is 1. The molecule has 0 fully saturated rings. The fourth-order valence-electron chi connectivity index (χ4n) is 2.59. The van der Waals surface area contributed by atoms with Gasteiger partial charge in [0.2, 0.25) is 11.8 Å². The van der Waals surface area contributed by atoms with Crippen LogP contribution in [-0.2, 0) is 9.59 Å². The van der Waals surface area contributed by atoms with E-state index in [0.29, 0.717) is 29.2 Å². The zero-order valence-corrected chi connectivity index (χ0v) is 16.3. The maximum Gasteiger partial charge on any atom is 0.221 e. The summed E-state index contributed by atoms with van der Waals surface area (Å²) in [5, 5.41) is 5.33.